The first-order valence-electron chi connectivity index (χ1n) is 5.76. The van der Waals surface area contributed by atoms with Gasteiger partial charge in [-0.3, -0.25) is 0 Å². The minimum absolute atomic E-state index is 0.0515. The van der Waals surface area contributed by atoms with Crippen molar-refractivity contribution in [2.75, 3.05) is 13.2 Å². The normalized spacial score (nSPS) is 13.1. The fourth-order valence-corrected chi connectivity index (χ4v) is 1.25. The zero-order chi connectivity index (χ0) is 11.7. The summed E-state index contributed by atoms with van der Waals surface area (Å²) in [4.78, 5) is 0. The fourth-order valence-electron chi connectivity index (χ4n) is 1.25. The van der Waals surface area contributed by atoms with Gasteiger partial charge in [0.1, 0.15) is 0 Å². The highest BCUT2D eigenvalue weighted by molar-refractivity contribution is 4.95. The molecule has 2 nitrogen and oxygen atoms in total. The summed E-state index contributed by atoms with van der Waals surface area (Å²) in [5, 5.41) is 3.42. The number of hydrogen-bond acceptors (Lipinski definition) is 2. The molecule has 0 aromatic rings. The second kappa shape index (κ2) is 7.73. The molecule has 0 aromatic carbocycles. The van der Waals surface area contributed by atoms with Crippen LogP contribution in [0.1, 0.15) is 47.5 Å². The van der Waals surface area contributed by atoms with E-state index in [0.717, 1.165) is 26.0 Å². The molecule has 0 aliphatic carbocycles. The zero-order valence-corrected chi connectivity index (χ0v) is 10.8. The van der Waals surface area contributed by atoms with Crippen molar-refractivity contribution in [2.45, 2.75) is 59.1 Å². The van der Waals surface area contributed by atoms with Crippen molar-refractivity contribution in [3.63, 3.8) is 0 Å². The van der Waals surface area contributed by atoms with Crippen molar-refractivity contribution in [3.8, 4) is 11.8 Å². The number of likely N-dealkylation sites (N-methyl/N-ethyl adjacent to an activating group) is 1. The van der Waals surface area contributed by atoms with Crippen LogP contribution < -0.4 is 5.32 Å². The van der Waals surface area contributed by atoms with Gasteiger partial charge in [0.25, 0.3) is 0 Å². The highest BCUT2D eigenvalue weighted by atomic mass is 16.5. The van der Waals surface area contributed by atoms with Crippen molar-refractivity contribution >= 4 is 0 Å². The second-order valence-corrected chi connectivity index (χ2v) is 4.64. The van der Waals surface area contributed by atoms with Gasteiger partial charge in [-0.25, -0.2) is 0 Å². The number of ether oxygens (including phenoxy) is 1. The number of hydrogen-bond donors (Lipinski definition) is 1. The average molecular weight is 211 g/mol. The third kappa shape index (κ3) is 9.78. The molecule has 0 saturated carbocycles. The summed E-state index contributed by atoms with van der Waals surface area (Å²) in [6.07, 6.45) is 2.01. The topological polar surface area (TPSA) is 21.3 Å². The van der Waals surface area contributed by atoms with E-state index in [-0.39, 0.29) is 5.60 Å². The fraction of sp³-hybridized carbons (Fsp3) is 0.846. The molecule has 15 heavy (non-hydrogen) atoms. The van der Waals surface area contributed by atoms with E-state index in [0.29, 0.717) is 6.04 Å². The van der Waals surface area contributed by atoms with Crippen LogP contribution in [-0.2, 0) is 4.74 Å². The molecule has 0 aliphatic heterocycles. The maximum absolute atomic E-state index is 5.76. The van der Waals surface area contributed by atoms with Gasteiger partial charge in [0, 0.05) is 12.5 Å². The number of rotatable bonds is 6. The Bertz CT molecular complexity index is 207. The Morgan fingerprint density at radius 1 is 1.33 bits per heavy atom. The SMILES string of the molecule is CC#CCCC(COC(C)(C)C)NCC. The van der Waals surface area contributed by atoms with Crippen LogP contribution in [0, 0.1) is 11.8 Å². The summed E-state index contributed by atoms with van der Waals surface area (Å²) >= 11 is 0. The molecule has 0 heterocycles. The summed E-state index contributed by atoms with van der Waals surface area (Å²) in [5.74, 6) is 6.01. The van der Waals surface area contributed by atoms with E-state index in [4.69, 9.17) is 4.74 Å². The van der Waals surface area contributed by atoms with E-state index in [9.17, 15) is 0 Å². The van der Waals surface area contributed by atoms with Crippen LogP contribution in [-0.4, -0.2) is 24.8 Å². The van der Waals surface area contributed by atoms with Crippen LogP contribution in [0.15, 0.2) is 0 Å². The van der Waals surface area contributed by atoms with Gasteiger partial charge in [-0.05, 0) is 40.7 Å². The molecule has 0 rings (SSSR count). The van der Waals surface area contributed by atoms with Crippen molar-refractivity contribution < 1.29 is 4.74 Å². The van der Waals surface area contributed by atoms with Crippen molar-refractivity contribution in [3.05, 3.63) is 0 Å². The van der Waals surface area contributed by atoms with Gasteiger partial charge in [0.15, 0.2) is 0 Å². The molecular weight excluding hydrogens is 186 g/mol. The molecule has 0 bridgehead atoms. The Balaban J connectivity index is 3.85. The molecule has 0 fully saturated rings. The standard InChI is InChI=1S/C13H25NO/c1-6-8-9-10-12(14-7-2)11-15-13(3,4)5/h12,14H,7,9-11H2,1-5H3. The van der Waals surface area contributed by atoms with Gasteiger partial charge < -0.3 is 10.1 Å². The monoisotopic (exact) mass is 211 g/mol. The molecule has 0 aromatic heterocycles. The Kier molecular flexibility index (Phi) is 7.46. The predicted octanol–water partition coefficient (Wildman–Crippen LogP) is 2.58. The minimum Gasteiger partial charge on any atom is -0.374 e. The van der Waals surface area contributed by atoms with E-state index in [1.807, 2.05) is 6.92 Å². The summed E-state index contributed by atoms with van der Waals surface area (Å²) in [5.41, 5.74) is -0.0515. The van der Waals surface area contributed by atoms with Gasteiger partial charge >= 0.3 is 0 Å². The first kappa shape index (κ1) is 14.5. The predicted molar refractivity (Wildman–Crippen MR) is 65.9 cm³/mol. The smallest absolute Gasteiger partial charge is 0.0627 e. The largest absolute Gasteiger partial charge is 0.374 e. The molecule has 0 saturated heterocycles. The molecular formula is C13H25NO. The van der Waals surface area contributed by atoms with Crippen molar-refractivity contribution in [1.82, 2.24) is 5.32 Å². The van der Waals surface area contributed by atoms with Crippen LogP contribution in [0.4, 0.5) is 0 Å². The molecule has 88 valence electrons. The van der Waals surface area contributed by atoms with Gasteiger partial charge in [-0.15, -0.1) is 11.8 Å². The molecule has 0 aliphatic rings. The Labute approximate surface area is 94.8 Å². The summed E-state index contributed by atoms with van der Waals surface area (Å²) < 4.78 is 5.76. The maximum atomic E-state index is 5.76. The van der Waals surface area contributed by atoms with Crippen LogP contribution in [0.5, 0.6) is 0 Å². The van der Waals surface area contributed by atoms with Crippen LogP contribution in [0.2, 0.25) is 0 Å². The van der Waals surface area contributed by atoms with Crippen molar-refractivity contribution in [2.24, 2.45) is 0 Å². The Morgan fingerprint density at radius 3 is 2.47 bits per heavy atom. The summed E-state index contributed by atoms with van der Waals surface area (Å²) in [7, 11) is 0. The van der Waals surface area contributed by atoms with E-state index in [1.165, 1.54) is 0 Å². The van der Waals surface area contributed by atoms with Crippen molar-refractivity contribution in [1.29, 1.82) is 0 Å². The van der Waals surface area contributed by atoms with Crippen LogP contribution in [0.25, 0.3) is 0 Å². The highest BCUT2D eigenvalue weighted by Gasteiger charge is 2.14. The Morgan fingerprint density at radius 2 is 2.00 bits per heavy atom. The molecule has 0 radical (unpaired) electrons. The molecule has 1 atom stereocenters. The zero-order valence-electron chi connectivity index (χ0n) is 10.8. The van der Waals surface area contributed by atoms with Gasteiger partial charge in [-0.1, -0.05) is 6.92 Å². The van der Waals surface area contributed by atoms with E-state index in [1.54, 1.807) is 0 Å². The van der Waals surface area contributed by atoms with Gasteiger partial charge in [0.05, 0.1) is 12.2 Å². The van der Waals surface area contributed by atoms with E-state index < -0.39 is 0 Å². The summed E-state index contributed by atoms with van der Waals surface area (Å²) in [6, 6.07) is 0.426. The second-order valence-electron chi connectivity index (χ2n) is 4.64. The lowest BCUT2D eigenvalue weighted by molar-refractivity contribution is -0.0150. The van der Waals surface area contributed by atoms with E-state index in [2.05, 4.69) is 44.9 Å². The average Bonchev–Trinajstić information content (AvgIpc) is 2.13. The highest BCUT2D eigenvalue weighted by Crippen LogP contribution is 2.08. The first-order chi connectivity index (χ1) is 6.99. The van der Waals surface area contributed by atoms with Crippen LogP contribution >= 0.6 is 0 Å². The number of nitrogens with one attached hydrogen (secondary N) is 1. The lowest BCUT2D eigenvalue weighted by Crippen LogP contribution is -2.36. The third-order valence-corrected chi connectivity index (χ3v) is 2.00. The van der Waals surface area contributed by atoms with Crippen LogP contribution in [0.3, 0.4) is 0 Å². The van der Waals surface area contributed by atoms with Gasteiger partial charge in [0.2, 0.25) is 0 Å². The maximum Gasteiger partial charge on any atom is 0.0627 e. The van der Waals surface area contributed by atoms with Gasteiger partial charge in [-0.2, -0.15) is 0 Å². The lowest BCUT2D eigenvalue weighted by atomic mass is 10.1. The lowest BCUT2D eigenvalue weighted by Gasteiger charge is -2.24. The Hall–Kier alpha value is -0.520. The molecule has 1 unspecified atom stereocenters. The quantitative estimate of drug-likeness (QED) is 0.682. The molecule has 2 heteroatoms. The molecule has 1 N–H and O–H groups in total. The minimum atomic E-state index is -0.0515. The summed E-state index contributed by atoms with van der Waals surface area (Å²) in [6.45, 7) is 12.0. The first-order valence-corrected chi connectivity index (χ1v) is 5.76. The molecule has 0 amide bonds. The third-order valence-electron chi connectivity index (χ3n) is 2.00. The van der Waals surface area contributed by atoms with E-state index >= 15 is 0 Å². The molecule has 0 spiro atoms.